The van der Waals surface area contributed by atoms with E-state index in [4.69, 9.17) is 0 Å². The molecule has 1 aromatic carbocycles. The fraction of sp³-hybridized carbons (Fsp3) is 0.560. The molecule has 148 valence electrons. The van der Waals surface area contributed by atoms with Crippen molar-refractivity contribution in [2.75, 3.05) is 0 Å². The van der Waals surface area contributed by atoms with Crippen LogP contribution in [0.1, 0.15) is 90.2 Å². The van der Waals surface area contributed by atoms with E-state index in [9.17, 15) is 4.79 Å². The minimum absolute atomic E-state index is 0.132. The minimum atomic E-state index is 0.132. The summed E-state index contributed by atoms with van der Waals surface area (Å²) in [6.45, 7) is 5.47. The van der Waals surface area contributed by atoms with Crippen molar-refractivity contribution in [2.24, 2.45) is 0 Å². The molecule has 0 fully saturated rings. The highest BCUT2D eigenvalue weighted by molar-refractivity contribution is 5.80. The fourth-order valence-corrected chi connectivity index (χ4v) is 3.68. The Balaban J connectivity index is 2.01. The maximum atomic E-state index is 12.5. The van der Waals surface area contributed by atoms with E-state index < -0.39 is 0 Å². The number of rotatable bonds is 13. The molecule has 2 rings (SSSR count). The third-order valence-electron chi connectivity index (χ3n) is 5.30. The van der Waals surface area contributed by atoms with Gasteiger partial charge >= 0.3 is 0 Å². The molecule has 2 heteroatoms. The molecule has 0 radical (unpaired) electrons. The zero-order valence-corrected chi connectivity index (χ0v) is 17.4. The second-order valence-electron chi connectivity index (χ2n) is 7.62. The normalized spacial score (nSPS) is 11.6. The van der Waals surface area contributed by atoms with Crippen molar-refractivity contribution in [1.29, 1.82) is 0 Å². The van der Waals surface area contributed by atoms with Gasteiger partial charge in [0.05, 0.1) is 5.52 Å². The van der Waals surface area contributed by atoms with E-state index in [0.29, 0.717) is 0 Å². The summed E-state index contributed by atoms with van der Waals surface area (Å²) < 4.78 is 2.33. The number of unbranched alkanes of at least 4 members (excludes halogenated alkanes) is 9. The SMILES string of the molecule is CCCCCCCCC/C=C/c1cc(=O)c2ccccc2n1CCCCC. The molecular weight excluding hydrogens is 330 g/mol. The third kappa shape index (κ3) is 7.01. The van der Waals surface area contributed by atoms with Crippen molar-refractivity contribution in [2.45, 2.75) is 91.0 Å². The highest BCUT2D eigenvalue weighted by atomic mass is 16.1. The lowest BCUT2D eigenvalue weighted by molar-refractivity contribution is 0.592. The Kier molecular flexibility index (Phi) is 9.97. The second kappa shape index (κ2) is 12.5. The first-order valence-electron chi connectivity index (χ1n) is 11.1. The molecule has 0 saturated carbocycles. The average Bonchev–Trinajstić information content (AvgIpc) is 2.69. The number of aromatic nitrogens is 1. The topological polar surface area (TPSA) is 22.0 Å². The number of para-hydroxylation sites is 1. The van der Waals surface area contributed by atoms with Gasteiger partial charge in [0, 0.05) is 23.7 Å². The summed E-state index contributed by atoms with van der Waals surface area (Å²) in [5, 5.41) is 0.832. The van der Waals surface area contributed by atoms with Crippen LogP contribution in [0.25, 0.3) is 17.0 Å². The van der Waals surface area contributed by atoms with E-state index in [0.717, 1.165) is 36.0 Å². The van der Waals surface area contributed by atoms with Gasteiger partial charge in [0.1, 0.15) is 0 Å². The van der Waals surface area contributed by atoms with Crippen LogP contribution < -0.4 is 5.43 Å². The van der Waals surface area contributed by atoms with E-state index in [-0.39, 0.29) is 5.43 Å². The van der Waals surface area contributed by atoms with Gasteiger partial charge < -0.3 is 4.57 Å². The van der Waals surface area contributed by atoms with Gasteiger partial charge in [-0.05, 0) is 37.5 Å². The highest BCUT2D eigenvalue weighted by Crippen LogP contribution is 2.16. The Morgan fingerprint density at radius 1 is 0.852 bits per heavy atom. The molecule has 2 nitrogen and oxygen atoms in total. The van der Waals surface area contributed by atoms with E-state index in [2.05, 4.69) is 36.6 Å². The van der Waals surface area contributed by atoms with Gasteiger partial charge in [-0.15, -0.1) is 0 Å². The van der Waals surface area contributed by atoms with Crippen molar-refractivity contribution in [3.63, 3.8) is 0 Å². The van der Waals surface area contributed by atoms with Crippen molar-refractivity contribution >= 4 is 17.0 Å². The maximum absolute atomic E-state index is 12.5. The lowest BCUT2D eigenvalue weighted by Gasteiger charge is -2.15. The predicted octanol–water partition coefficient (Wildman–Crippen LogP) is 7.35. The van der Waals surface area contributed by atoms with Gasteiger partial charge in [0.2, 0.25) is 0 Å². The standard InChI is InChI=1S/C25H37NO/c1-3-5-7-8-9-10-11-12-13-17-22-21-25(27)23-18-14-15-19-24(23)26(22)20-16-6-4-2/h13-15,17-19,21H,3-12,16,20H2,1-2H3/b17-13+. The van der Waals surface area contributed by atoms with E-state index in [1.54, 1.807) is 0 Å². The summed E-state index contributed by atoms with van der Waals surface area (Å²) in [6, 6.07) is 9.83. The Bertz CT molecular complexity index is 756. The third-order valence-corrected chi connectivity index (χ3v) is 5.30. The number of hydrogen-bond donors (Lipinski definition) is 0. The van der Waals surface area contributed by atoms with Gasteiger partial charge in [0.25, 0.3) is 0 Å². The van der Waals surface area contributed by atoms with Gasteiger partial charge in [-0.2, -0.15) is 0 Å². The summed E-state index contributed by atoms with van der Waals surface area (Å²) in [5.74, 6) is 0. The molecule has 0 aliphatic carbocycles. The molecule has 0 unspecified atom stereocenters. The zero-order chi connectivity index (χ0) is 19.3. The maximum Gasteiger partial charge on any atom is 0.190 e. The Hall–Kier alpha value is -1.83. The van der Waals surface area contributed by atoms with Crippen molar-refractivity contribution in [3.05, 3.63) is 52.3 Å². The quantitative estimate of drug-likeness (QED) is 0.339. The largest absolute Gasteiger partial charge is 0.341 e. The van der Waals surface area contributed by atoms with Crippen LogP contribution in [-0.2, 0) is 6.54 Å². The number of pyridine rings is 1. The van der Waals surface area contributed by atoms with E-state index in [1.807, 2.05) is 24.3 Å². The monoisotopic (exact) mass is 367 g/mol. The predicted molar refractivity (Wildman–Crippen MR) is 119 cm³/mol. The minimum Gasteiger partial charge on any atom is -0.341 e. The molecule has 0 saturated heterocycles. The molecule has 0 amide bonds. The molecule has 0 bridgehead atoms. The molecule has 0 aliphatic rings. The van der Waals surface area contributed by atoms with Crippen LogP contribution in [0.15, 0.2) is 41.2 Å². The molecule has 1 aromatic heterocycles. The van der Waals surface area contributed by atoms with Crippen LogP contribution in [0.5, 0.6) is 0 Å². The highest BCUT2D eigenvalue weighted by Gasteiger charge is 2.06. The summed E-state index contributed by atoms with van der Waals surface area (Å²) in [4.78, 5) is 12.5. The average molecular weight is 368 g/mol. The first kappa shape index (κ1) is 21.5. The number of fused-ring (bicyclic) bond motifs is 1. The molecular formula is C25H37NO. The summed E-state index contributed by atoms with van der Waals surface area (Å²) >= 11 is 0. The van der Waals surface area contributed by atoms with Crippen molar-refractivity contribution < 1.29 is 0 Å². The smallest absolute Gasteiger partial charge is 0.190 e. The first-order valence-corrected chi connectivity index (χ1v) is 11.1. The van der Waals surface area contributed by atoms with Gasteiger partial charge in [-0.25, -0.2) is 0 Å². The Labute approximate surface area is 165 Å². The van der Waals surface area contributed by atoms with Crippen molar-refractivity contribution in [3.8, 4) is 0 Å². The molecule has 1 heterocycles. The fourth-order valence-electron chi connectivity index (χ4n) is 3.68. The second-order valence-corrected chi connectivity index (χ2v) is 7.62. The molecule has 0 N–H and O–H groups in total. The summed E-state index contributed by atoms with van der Waals surface area (Å²) in [6.07, 6.45) is 18.5. The number of allylic oxidation sites excluding steroid dienone is 1. The number of aryl methyl sites for hydroxylation is 1. The van der Waals surface area contributed by atoms with Crippen LogP contribution in [0.3, 0.4) is 0 Å². The van der Waals surface area contributed by atoms with Crippen LogP contribution in [-0.4, -0.2) is 4.57 Å². The van der Waals surface area contributed by atoms with Gasteiger partial charge in [-0.3, -0.25) is 4.79 Å². The molecule has 0 spiro atoms. The Morgan fingerprint density at radius 3 is 2.30 bits per heavy atom. The Morgan fingerprint density at radius 2 is 1.52 bits per heavy atom. The van der Waals surface area contributed by atoms with Crippen LogP contribution in [0.2, 0.25) is 0 Å². The van der Waals surface area contributed by atoms with E-state index in [1.165, 1.54) is 57.8 Å². The van der Waals surface area contributed by atoms with Gasteiger partial charge in [0.15, 0.2) is 5.43 Å². The van der Waals surface area contributed by atoms with Crippen LogP contribution in [0, 0.1) is 0 Å². The number of hydrogen-bond acceptors (Lipinski definition) is 1. The van der Waals surface area contributed by atoms with Gasteiger partial charge in [-0.1, -0.05) is 83.4 Å². The summed E-state index contributed by atoms with van der Waals surface area (Å²) in [5.41, 5.74) is 2.25. The number of benzene rings is 1. The summed E-state index contributed by atoms with van der Waals surface area (Å²) in [7, 11) is 0. The number of nitrogens with zero attached hydrogens (tertiary/aromatic N) is 1. The molecule has 0 aliphatic heterocycles. The molecule has 2 aromatic rings. The molecule has 0 atom stereocenters. The zero-order valence-electron chi connectivity index (χ0n) is 17.4. The lowest BCUT2D eigenvalue weighted by Crippen LogP contribution is -2.12. The lowest BCUT2D eigenvalue weighted by atomic mass is 10.1. The van der Waals surface area contributed by atoms with E-state index >= 15 is 0 Å². The first-order chi connectivity index (χ1) is 13.3. The molecule has 27 heavy (non-hydrogen) atoms. The van der Waals surface area contributed by atoms with Crippen molar-refractivity contribution in [1.82, 2.24) is 4.57 Å². The van der Waals surface area contributed by atoms with Crippen LogP contribution in [0.4, 0.5) is 0 Å². The van der Waals surface area contributed by atoms with Crippen LogP contribution >= 0.6 is 0 Å².